The fourth-order valence-electron chi connectivity index (χ4n) is 1.72. The third kappa shape index (κ3) is 4.66. The Kier molecular flexibility index (Phi) is 6.52. The minimum absolute atomic E-state index is 0.0232. The summed E-state index contributed by atoms with van der Waals surface area (Å²) in [7, 11) is 3.04. The van der Waals surface area contributed by atoms with E-state index >= 15 is 0 Å². The molecule has 0 atom stereocenters. The van der Waals surface area contributed by atoms with Crippen LogP contribution < -0.4 is 14.2 Å². The quantitative estimate of drug-likeness (QED) is 0.417. The molecule has 0 aliphatic heterocycles. The predicted molar refractivity (Wildman–Crippen MR) is 80.6 cm³/mol. The molecule has 0 aliphatic rings. The van der Waals surface area contributed by atoms with E-state index in [1.165, 1.54) is 27.2 Å². The van der Waals surface area contributed by atoms with Crippen LogP contribution in [-0.4, -0.2) is 25.7 Å². The number of benzene rings is 1. The van der Waals surface area contributed by atoms with E-state index in [1.807, 2.05) is 0 Å². The van der Waals surface area contributed by atoms with E-state index in [1.54, 1.807) is 12.1 Å². The summed E-state index contributed by atoms with van der Waals surface area (Å²) in [5, 5.41) is 10.7. The highest BCUT2D eigenvalue weighted by Crippen LogP contribution is 2.36. The molecule has 1 rings (SSSR count). The van der Waals surface area contributed by atoms with Crippen molar-refractivity contribution in [2.45, 2.75) is 26.7 Å². The molecule has 0 unspecified atom stereocenters. The lowest BCUT2D eigenvalue weighted by Crippen LogP contribution is -2.01. The van der Waals surface area contributed by atoms with Crippen LogP contribution in [0.5, 0.6) is 17.2 Å². The molecule has 6 heteroatoms. The molecule has 1 aromatic carbocycles. The second-order valence-electron chi connectivity index (χ2n) is 4.49. The van der Waals surface area contributed by atoms with E-state index in [-0.39, 0.29) is 5.70 Å². The number of nitro groups is 1. The number of unbranched alkanes of at least 4 members (excludes halogenated alkanes) is 1. The molecule has 0 spiro atoms. The SMILES string of the molecule is CCCCOc1cc(OC)c(/C=C(\C)[N+](=O)[O-])cc1OC. The number of hydrogen-bond acceptors (Lipinski definition) is 5. The Hall–Kier alpha value is -2.24. The number of nitrogens with zero attached hydrogens (tertiary/aromatic N) is 1. The van der Waals surface area contributed by atoms with Crippen LogP contribution in [0.2, 0.25) is 0 Å². The average molecular weight is 295 g/mol. The van der Waals surface area contributed by atoms with Gasteiger partial charge >= 0.3 is 0 Å². The van der Waals surface area contributed by atoms with Crippen molar-refractivity contribution in [1.29, 1.82) is 0 Å². The fraction of sp³-hybridized carbons (Fsp3) is 0.467. The van der Waals surface area contributed by atoms with Gasteiger partial charge in [0.2, 0.25) is 5.70 Å². The maximum absolute atomic E-state index is 10.7. The van der Waals surface area contributed by atoms with Gasteiger partial charge in [-0.15, -0.1) is 0 Å². The molecule has 116 valence electrons. The molecule has 1 aromatic rings. The van der Waals surface area contributed by atoms with Crippen molar-refractivity contribution in [1.82, 2.24) is 0 Å². The molecule has 0 fully saturated rings. The molecule has 0 bridgehead atoms. The molecule has 6 nitrogen and oxygen atoms in total. The first-order valence-electron chi connectivity index (χ1n) is 6.75. The summed E-state index contributed by atoms with van der Waals surface area (Å²) in [6, 6.07) is 3.36. The zero-order valence-electron chi connectivity index (χ0n) is 12.8. The first-order chi connectivity index (χ1) is 10.0. The van der Waals surface area contributed by atoms with Gasteiger partial charge < -0.3 is 14.2 Å². The highest BCUT2D eigenvalue weighted by molar-refractivity contribution is 5.64. The van der Waals surface area contributed by atoms with Crippen molar-refractivity contribution in [2.75, 3.05) is 20.8 Å². The maximum Gasteiger partial charge on any atom is 0.243 e. The van der Waals surface area contributed by atoms with Crippen molar-refractivity contribution < 1.29 is 19.1 Å². The van der Waals surface area contributed by atoms with E-state index in [0.717, 1.165) is 12.8 Å². The molecule has 0 radical (unpaired) electrons. The Bertz CT molecular complexity index is 525. The zero-order chi connectivity index (χ0) is 15.8. The van der Waals surface area contributed by atoms with Gasteiger partial charge in [-0.2, -0.15) is 0 Å². The molecule has 0 heterocycles. The van der Waals surface area contributed by atoms with Gasteiger partial charge in [-0.05, 0) is 12.5 Å². The summed E-state index contributed by atoms with van der Waals surface area (Å²) in [5.41, 5.74) is 0.599. The Morgan fingerprint density at radius 3 is 2.43 bits per heavy atom. The predicted octanol–water partition coefficient (Wildman–Crippen LogP) is 3.52. The Morgan fingerprint density at radius 2 is 1.90 bits per heavy atom. The van der Waals surface area contributed by atoms with Crippen LogP contribution >= 0.6 is 0 Å². The molecule has 0 aliphatic carbocycles. The largest absolute Gasteiger partial charge is 0.496 e. The van der Waals surface area contributed by atoms with Crippen LogP contribution in [0.1, 0.15) is 32.3 Å². The number of ether oxygens (including phenoxy) is 3. The van der Waals surface area contributed by atoms with E-state index < -0.39 is 4.92 Å². The highest BCUT2D eigenvalue weighted by atomic mass is 16.6. The molecule has 0 saturated carbocycles. The summed E-state index contributed by atoms with van der Waals surface area (Å²) in [5.74, 6) is 1.59. The summed E-state index contributed by atoms with van der Waals surface area (Å²) >= 11 is 0. The van der Waals surface area contributed by atoms with Crippen molar-refractivity contribution in [3.8, 4) is 17.2 Å². The van der Waals surface area contributed by atoms with Crippen molar-refractivity contribution in [3.05, 3.63) is 33.5 Å². The summed E-state index contributed by atoms with van der Waals surface area (Å²) in [6.45, 7) is 4.09. The first kappa shape index (κ1) is 16.8. The summed E-state index contributed by atoms with van der Waals surface area (Å²) < 4.78 is 16.2. The second kappa shape index (κ2) is 8.14. The lowest BCUT2D eigenvalue weighted by Gasteiger charge is -2.14. The van der Waals surface area contributed by atoms with Crippen LogP contribution in [0.3, 0.4) is 0 Å². The van der Waals surface area contributed by atoms with E-state index in [9.17, 15) is 10.1 Å². The summed E-state index contributed by atoms with van der Waals surface area (Å²) in [6.07, 6.45) is 3.41. The number of methoxy groups -OCH3 is 2. The Labute approximate surface area is 124 Å². The number of hydrogen-bond donors (Lipinski definition) is 0. The minimum Gasteiger partial charge on any atom is -0.496 e. The lowest BCUT2D eigenvalue weighted by molar-refractivity contribution is -0.422. The van der Waals surface area contributed by atoms with Gasteiger partial charge in [-0.1, -0.05) is 13.3 Å². The van der Waals surface area contributed by atoms with Crippen molar-refractivity contribution in [3.63, 3.8) is 0 Å². The van der Waals surface area contributed by atoms with Crippen molar-refractivity contribution in [2.24, 2.45) is 0 Å². The van der Waals surface area contributed by atoms with Crippen LogP contribution in [-0.2, 0) is 0 Å². The first-order valence-corrected chi connectivity index (χ1v) is 6.75. The van der Waals surface area contributed by atoms with Crippen LogP contribution in [0.4, 0.5) is 0 Å². The lowest BCUT2D eigenvalue weighted by atomic mass is 10.1. The van der Waals surface area contributed by atoms with Gasteiger partial charge in [0.1, 0.15) is 5.75 Å². The second-order valence-corrected chi connectivity index (χ2v) is 4.49. The Morgan fingerprint density at radius 1 is 1.24 bits per heavy atom. The van der Waals surface area contributed by atoms with Gasteiger partial charge in [-0.25, -0.2) is 0 Å². The van der Waals surface area contributed by atoms with E-state index in [2.05, 4.69) is 6.92 Å². The standard InChI is InChI=1S/C15H21NO5/c1-5-6-7-21-15-10-13(19-3)12(9-14(15)20-4)8-11(2)16(17)18/h8-10H,5-7H2,1-4H3/b11-8+. The molecule has 0 aromatic heterocycles. The van der Waals surface area contributed by atoms with Crippen LogP contribution in [0.25, 0.3) is 6.08 Å². The molecule has 0 saturated heterocycles. The van der Waals surface area contributed by atoms with Gasteiger partial charge in [0.15, 0.2) is 11.5 Å². The molecule has 0 N–H and O–H groups in total. The summed E-state index contributed by atoms with van der Waals surface area (Å²) in [4.78, 5) is 10.3. The maximum atomic E-state index is 10.7. The minimum atomic E-state index is -0.447. The zero-order valence-corrected chi connectivity index (χ0v) is 12.8. The smallest absolute Gasteiger partial charge is 0.243 e. The topological polar surface area (TPSA) is 70.8 Å². The number of allylic oxidation sites excluding steroid dienone is 1. The van der Waals surface area contributed by atoms with Gasteiger partial charge in [0.25, 0.3) is 0 Å². The third-order valence-corrected chi connectivity index (χ3v) is 2.92. The molecular formula is C15H21NO5. The molecule has 21 heavy (non-hydrogen) atoms. The highest BCUT2D eigenvalue weighted by Gasteiger charge is 2.13. The fourth-order valence-corrected chi connectivity index (χ4v) is 1.72. The van der Waals surface area contributed by atoms with Gasteiger partial charge in [0, 0.05) is 24.6 Å². The normalized spacial score (nSPS) is 11.1. The third-order valence-electron chi connectivity index (χ3n) is 2.92. The molecule has 0 amide bonds. The van der Waals surface area contributed by atoms with E-state index in [0.29, 0.717) is 29.4 Å². The van der Waals surface area contributed by atoms with Gasteiger partial charge in [-0.3, -0.25) is 10.1 Å². The van der Waals surface area contributed by atoms with Gasteiger partial charge in [0.05, 0.1) is 25.7 Å². The molecular weight excluding hydrogens is 274 g/mol. The number of rotatable bonds is 8. The Balaban J connectivity index is 3.16. The van der Waals surface area contributed by atoms with Crippen LogP contribution in [0.15, 0.2) is 17.8 Å². The monoisotopic (exact) mass is 295 g/mol. The van der Waals surface area contributed by atoms with E-state index in [4.69, 9.17) is 14.2 Å². The van der Waals surface area contributed by atoms with Crippen molar-refractivity contribution >= 4 is 6.08 Å². The van der Waals surface area contributed by atoms with Crippen LogP contribution in [0, 0.1) is 10.1 Å². The average Bonchev–Trinajstić information content (AvgIpc) is 2.47.